The van der Waals surface area contributed by atoms with Gasteiger partial charge < -0.3 is 15.1 Å². The fourth-order valence-corrected chi connectivity index (χ4v) is 3.30. The van der Waals surface area contributed by atoms with Gasteiger partial charge in [-0.3, -0.25) is 9.78 Å². The van der Waals surface area contributed by atoms with Gasteiger partial charge in [0.25, 0.3) is 5.91 Å². The minimum absolute atomic E-state index is 0.114. The Morgan fingerprint density at radius 3 is 3.00 bits per heavy atom. The molecule has 114 valence electrons. The van der Waals surface area contributed by atoms with E-state index in [0.29, 0.717) is 5.92 Å². The van der Waals surface area contributed by atoms with Gasteiger partial charge >= 0.3 is 0 Å². The highest BCUT2D eigenvalue weighted by atomic mass is 16.2. The molecule has 2 aliphatic rings. The predicted molar refractivity (Wildman–Crippen MR) is 82.3 cm³/mol. The van der Waals surface area contributed by atoms with E-state index in [4.69, 9.17) is 0 Å². The Kier molecular flexibility index (Phi) is 4.51. The molecule has 1 N–H and O–H groups in total. The van der Waals surface area contributed by atoms with Crippen LogP contribution in [0, 0.1) is 5.92 Å². The number of pyridine rings is 1. The maximum atomic E-state index is 12.4. The van der Waals surface area contributed by atoms with Gasteiger partial charge in [-0.25, -0.2) is 0 Å². The molecule has 0 aliphatic carbocycles. The number of aromatic nitrogens is 1. The van der Waals surface area contributed by atoms with Crippen LogP contribution in [0.25, 0.3) is 0 Å². The number of rotatable bonds is 3. The Balaban J connectivity index is 1.65. The molecule has 5 nitrogen and oxygen atoms in total. The molecule has 0 bridgehead atoms. The van der Waals surface area contributed by atoms with Gasteiger partial charge in [0.15, 0.2) is 0 Å². The summed E-state index contributed by atoms with van der Waals surface area (Å²) in [6.45, 7) is 6.41. The summed E-state index contributed by atoms with van der Waals surface area (Å²) in [6, 6.07) is 3.76. The largest absolute Gasteiger partial charge is 0.341 e. The first-order chi connectivity index (χ1) is 10.2. The van der Waals surface area contributed by atoms with Crippen molar-refractivity contribution in [2.24, 2.45) is 5.92 Å². The Hall–Kier alpha value is -1.46. The molecule has 1 aromatic rings. The molecule has 0 radical (unpaired) electrons. The molecule has 21 heavy (non-hydrogen) atoms. The average molecular weight is 288 g/mol. The molecule has 1 unspecified atom stereocenters. The van der Waals surface area contributed by atoms with Crippen LogP contribution < -0.4 is 5.32 Å². The minimum Gasteiger partial charge on any atom is -0.341 e. The summed E-state index contributed by atoms with van der Waals surface area (Å²) >= 11 is 0. The summed E-state index contributed by atoms with van der Waals surface area (Å²) in [6.07, 6.45) is 3.84. The van der Waals surface area contributed by atoms with Crippen molar-refractivity contribution in [1.82, 2.24) is 20.1 Å². The van der Waals surface area contributed by atoms with Crippen LogP contribution in [0.2, 0.25) is 0 Å². The topological polar surface area (TPSA) is 48.5 Å². The zero-order valence-corrected chi connectivity index (χ0v) is 12.7. The SMILES string of the molecule is CN1CC(CCN2CCNCC2)Cc2ncccc2C1=O. The van der Waals surface area contributed by atoms with E-state index >= 15 is 0 Å². The molecule has 1 aromatic heterocycles. The third-order valence-corrected chi connectivity index (χ3v) is 4.54. The number of nitrogens with zero attached hydrogens (tertiary/aromatic N) is 3. The lowest BCUT2D eigenvalue weighted by Gasteiger charge is -2.29. The molecule has 0 saturated carbocycles. The van der Waals surface area contributed by atoms with Gasteiger partial charge in [-0.1, -0.05) is 0 Å². The molecule has 3 heterocycles. The molecular weight excluding hydrogens is 264 g/mol. The lowest BCUT2D eigenvalue weighted by molar-refractivity contribution is 0.0777. The summed E-state index contributed by atoms with van der Waals surface area (Å²) < 4.78 is 0. The van der Waals surface area contributed by atoms with Crippen LogP contribution in [0.4, 0.5) is 0 Å². The molecule has 1 saturated heterocycles. The predicted octanol–water partition coefficient (Wildman–Crippen LogP) is 0.621. The van der Waals surface area contributed by atoms with Crippen LogP contribution >= 0.6 is 0 Å². The van der Waals surface area contributed by atoms with E-state index < -0.39 is 0 Å². The van der Waals surface area contributed by atoms with Crippen molar-refractivity contribution in [2.75, 3.05) is 46.3 Å². The van der Waals surface area contributed by atoms with E-state index in [1.807, 2.05) is 24.1 Å². The molecule has 2 aliphatic heterocycles. The van der Waals surface area contributed by atoms with Crippen molar-refractivity contribution >= 4 is 5.91 Å². The van der Waals surface area contributed by atoms with Crippen LogP contribution in [-0.4, -0.2) is 67.0 Å². The van der Waals surface area contributed by atoms with E-state index in [9.17, 15) is 4.79 Å². The normalized spacial score (nSPS) is 23.8. The summed E-state index contributed by atoms with van der Waals surface area (Å²) in [5, 5.41) is 3.38. The third-order valence-electron chi connectivity index (χ3n) is 4.54. The van der Waals surface area contributed by atoms with Gasteiger partial charge in [-0.15, -0.1) is 0 Å². The first-order valence-corrected chi connectivity index (χ1v) is 7.86. The number of piperazine rings is 1. The smallest absolute Gasteiger partial charge is 0.255 e. The first kappa shape index (κ1) is 14.5. The van der Waals surface area contributed by atoms with Crippen molar-refractivity contribution in [3.63, 3.8) is 0 Å². The first-order valence-electron chi connectivity index (χ1n) is 7.86. The van der Waals surface area contributed by atoms with Crippen LogP contribution in [0.5, 0.6) is 0 Å². The van der Waals surface area contributed by atoms with Crippen LogP contribution in [0.1, 0.15) is 22.5 Å². The summed E-state index contributed by atoms with van der Waals surface area (Å²) in [5.41, 5.74) is 1.75. The van der Waals surface area contributed by atoms with Crippen LogP contribution in [0.3, 0.4) is 0 Å². The Morgan fingerprint density at radius 1 is 1.38 bits per heavy atom. The number of carbonyl (C=O) groups is 1. The monoisotopic (exact) mass is 288 g/mol. The van der Waals surface area contributed by atoms with Gasteiger partial charge in [0.2, 0.25) is 0 Å². The fraction of sp³-hybridized carbons (Fsp3) is 0.625. The molecular formula is C16H24N4O. The maximum Gasteiger partial charge on any atom is 0.255 e. The minimum atomic E-state index is 0.114. The van der Waals surface area contributed by atoms with Crippen molar-refractivity contribution in [2.45, 2.75) is 12.8 Å². The third kappa shape index (κ3) is 3.41. The summed E-state index contributed by atoms with van der Waals surface area (Å²) in [5.74, 6) is 0.618. The van der Waals surface area contributed by atoms with E-state index in [-0.39, 0.29) is 5.91 Å². The molecule has 1 fully saturated rings. The second-order valence-electron chi connectivity index (χ2n) is 6.13. The van der Waals surface area contributed by atoms with Gasteiger partial charge in [0, 0.05) is 46.0 Å². The number of carbonyl (C=O) groups excluding carboxylic acids is 1. The van der Waals surface area contributed by atoms with Gasteiger partial charge in [-0.05, 0) is 37.4 Å². The molecule has 5 heteroatoms. The van der Waals surface area contributed by atoms with Crippen molar-refractivity contribution < 1.29 is 4.79 Å². The Labute approximate surface area is 126 Å². The second kappa shape index (κ2) is 6.54. The average Bonchev–Trinajstić information content (AvgIpc) is 2.64. The lowest BCUT2D eigenvalue weighted by atomic mass is 9.98. The van der Waals surface area contributed by atoms with Gasteiger partial charge in [-0.2, -0.15) is 0 Å². The highest BCUT2D eigenvalue weighted by Crippen LogP contribution is 2.21. The zero-order valence-electron chi connectivity index (χ0n) is 12.7. The van der Waals surface area contributed by atoms with Crippen LogP contribution in [-0.2, 0) is 6.42 Å². The zero-order chi connectivity index (χ0) is 14.7. The maximum absolute atomic E-state index is 12.4. The summed E-state index contributed by atoms with van der Waals surface area (Å²) in [4.78, 5) is 21.2. The molecule has 0 aromatic carbocycles. The second-order valence-corrected chi connectivity index (χ2v) is 6.13. The fourth-order valence-electron chi connectivity index (χ4n) is 3.30. The number of fused-ring (bicyclic) bond motifs is 1. The van der Waals surface area contributed by atoms with E-state index in [0.717, 1.165) is 63.4 Å². The van der Waals surface area contributed by atoms with E-state index in [1.54, 1.807) is 6.20 Å². The Morgan fingerprint density at radius 2 is 2.19 bits per heavy atom. The summed E-state index contributed by atoms with van der Waals surface area (Å²) in [7, 11) is 1.91. The van der Waals surface area contributed by atoms with Crippen LogP contribution in [0.15, 0.2) is 18.3 Å². The van der Waals surface area contributed by atoms with E-state index in [1.165, 1.54) is 0 Å². The highest BCUT2D eigenvalue weighted by Gasteiger charge is 2.26. The number of amides is 1. The molecule has 3 rings (SSSR count). The Bertz CT molecular complexity index is 499. The molecule has 0 spiro atoms. The van der Waals surface area contributed by atoms with Gasteiger partial charge in [0.05, 0.1) is 11.3 Å². The van der Waals surface area contributed by atoms with Crippen molar-refractivity contribution in [1.29, 1.82) is 0 Å². The van der Waals surface area contributed by atoms with Crippen molar-refractivity contribution in [3.8, 4) is 0 Å². The molecule has 1 atom stereocenters. The quantitative estimate of drug-likeness (QED) is 0.886. The van der Waals surface area contributed by atoms with E-state index in [2.05, 4.69) is 15.2 Å². The number of nitrogens with one attached hydrogen (secondary N) is 1. The number of hydrogen-bond acceptors (Lipinski definition) is 4. The lowest BCUT2D eigenvalue weighted by Crippen LogP contribution is -2.44. The standard InChI is InChI=1S/C16H24N4O/c1-19-12-13(4-8-20-9-6-17-7-10-20)11-15-14(16(19)21)3-2-5-18-15/h2-3,5,13,17H,4,6-12H2,1H3. The van der Waals surface area contributed by atoms with Crippen molar-refractivity contribution in [3.05, 3.63) is 29.6 Å². The highest BCUT2D eigenvalue weighted by molar-refractivity contribution is 5.95. The number of hydrogen-bond donors (Lipinski definition) is 1. The molecule has 1 amide bonds. The van der Waals surface area contributed by atoms with Gasteiger partial charge in [0.1, 0.15) is 0 Å².